The first kappa shape index (κ1) is 23.8. The van der Waals surface area contributed by atoms with Gasteiger partial charge in [0.2, 0.25) is 0 Å². The fourth-order valence-corrected chi connectivity index (χ4v) is 3.60. The van der Waals surface area contributed by atoms with Crippen molar-refractivity contribution in [3.05, 3.63) is 65.0 Å². The summed E-state index contributed by atoms with van der Waals surface area (Å²) in [6.07, 6.45) is 1.98. The van der Waals surface area contributed by atoms with Crippen molar-refractivity contribution in [1.82, 2.24) is 10.2 Å². The van der Waals surface area contributed by atoms with Gasteiger partial charge >= 0.3 is 0 Å². The third-order valence-electron chi connectivity index (χ3n) is 5.44. The maximum absolute atomic E-state index is 13.9. The number of nitrogens with zero attached hydrogens (tertiary/aromatic N) is 1. The van der Waals surface area contributed by atoms with E-state index in [9.17, 15) is 14.0 Å². The molecule has 2 aromatic carbocycles. The molecular weight excluding hydrogens is 405 g/mol. The van der Waals surface area contributed by atoms with Crippen LogP contribution in [0.2, 0.25) is 0 Å². The number of benzene rings is 2. The van der Waals surface area contributed by atoms with E-state index in [-0.39, 0.29) is 23.9 Å². The zero-order valence-corrected chi connectivity index (χ0v) is 18.2. The van der Waals surface area contributed by atoms with E-state index in [1.807, 2.05) is 17.9 Å². The van der Waals surface area contributed by atoms with Gasteiger partial charge in [-0.2, -0.15) is 0 Å². The van der Waals surface area contributed by atoms with Gasteiger partial charge in [0.15, 0.2) is 0 Å². The van der Waals surface area contributed by atoms with Gasteiger partial charge in [-0.25, -0.2) is 4.39 Å². The van der Waals surface area contributed by atoms with Crippen LogP contribution in [-0.4, -0.2) is 42.9 Å². The molecule has 0 unspecified atom stereocenters. The van der Waals surface area contributed by atoms with Crippen molar-refractivity contribution >= 4 is 29.9 Å². The van der Waals surface area contributed by atoms with Gasteiger partial charge in [-0.15, -0.1) is 12.4 Å². The van der Waals surface area contributed by atoms with Crippen molar-refractivity contribution in [2.24, 2.45) is 5.92 Å². The van der Waals surface area contributed by atoms with Crippen molar-refractivity contribution in [2.45, 2.75) is 26.7 Å². The molecule has 0 radical (unpaired) electrons. The number of nitrogens with one attached hydrogen (secondary N) is 2. The number of piperidine rings is 1. The number of anilines is 1. The molecule has 1 heterocycles. The average Bonchev–Trinajstić information content (AvgIpc) is 2.74. The van der Waals surface area contributed by atoms with Gasteiger partial charge in [0.05, 0.1) is 5.56 Å². The fourth-order valence-electron chi connectivity index (χ4n) is 3.60. The summed E-state index contributed by atoms with van der Waals surface area (Å²) in [5.41, 5.74) is 1.85. The first-order chi connectivity index (χ1) is 14.0. The average molecular weight is 434 g/mol. The minimum atomic E-state index is -0.574. The zero-order chi connectivity index (χ0) is 20.8. The quantitative estimate of drug-likeness (QED) is 0.715. The number of amides is 2. The zero-order valence-electron chi connectivity index (χ0n) is 17.4. The Morgan fingerprint density at radius 1 is 1.13 bits per heavy atom. The van der Waals surface area contributed by atoms with Crippen LogP contribution in [0.15, 0.2) is 42.5 Å². The summed E-state index contributed by atoms with van der Waals surface area (Å²) in [6, 6.07) is 11.1. The molecule has 3 rings (SSSR count). The van der Waals surface area contributed by atoms with Gasteiger partial charge in [-0.05, 0) is 68.6 Å². The lowest BCUT2D eigenvalue weighted by molar-refractivity contribution is 0.0690. The number of likely N-dealkylation sites (tertiary alicyclic amines) is 1. The Labute approximate surface area is 183 Å². The van der Waals surface area contributed by atoms with Crippen LogP contribution in [0.4, 0.5) is 10.1 Å². The predicted octanol–water partition coefficient (Wildman–Crippen LogP) is 4.27. The van der Waals surface area contributed by atoms with E-state index in [2.05, 4.69) is 17.6 Å². The van der Waals surface area contributed by atoms with Crippen LogP contribution in [0.1, 0.15) is 46.0 Å². The van der Waals surface area contributed by atoms with Crippen molar-refractivity contribution in [1.29, 1.82) is 0 Å². The summed E-state index contributed by atoms with van der Waals surface area (Å²) in [7, 11) is 0. The standard InChI is InChI=1S/C23H28FN3O2.ClH/c1-3-25-15-17-10-12-27(13-11-17)23(29)18-9-8-16(2)21(14-18)26-22(28)19-6-4-5-7-20(19)24;/h4-9,14,17,25H,3,10-13,15H2,1-2H3,(H,26,28);1H. The monoisotopic (exact) mass is 433 g/mol. The fraction of sp³-hybridized carbons (Fsp3) is 0.391. The largest absolute Gasteiger partial charge is 0.339 e. The van der Waals surface area contributed by atoms with Crippen LogP contribution in [0, 0.1) is 18.7 Å². The molecule has 0 atom stereocenters. The molecule has 1 aliphatic rings. The molecule has 0 saturated carbocycles. The lowest BCUT2D eigenvalue weighted by Crippen LogP contribution is -2.40. The van der Waals surface area contributed by atoms with E-state index >= 15 is 0 Å². The number of aryl methyl sites for hydroxylation is 1. The van der Waals surface area contributed by atoms with E-state index in [4.69, 9.17) is 0 Å². The van der Waals surface area contributed by atoms with Gasteiger partial charge in [0.25, 0.3) is 11.8 Å². The second-order valence-corrected chi connectivity index (χ2v) is 7.51. The van der Waals surface area contributed by atoms with E-state index in [1.54, 1.807) is 18.2 Å². The second kappa shape index (κ2) is 11.1. The van der Waals surface area contributed by atoms with Gasteiger partial charge in [-0.1, -0.05) is 25.1 Å². The van der Waals surface area contributed by atoms with Crippen molar-refractivity contribution in [3.8, 4) is 0 Å². The Morgan fingerprint density at radius 3 is 2.50 bits per heavy atom. The lowest BCUT2D eigenvalue weighted by Gasteiger charge is -2.32. The van der Waals surface area contributed by atoms with Crippen LogP contribution in [-0.2, 0) is 0 Å². The number of carbonyl (C=O) groups excluding carboxylic acids is 2. The Kier molecular flexibility index (Phi) is 8.81. The van der Waals surface area contributed by atoms with Crippen LogP contribution in [0.5, 0.6) is 0 Å². The summed E-state index contributed by atoms with van der Waals surface area (Å²) in [6.45, 7) is 7.37. The summed E-state index contributed by atoms with van der Waals surface area (Å²) in [4.78, 5) is 27.2. The van der Waals surface area contributed by atoms with Crippen molar-refractivity contribution in [2.75, 3.05) is 31.5 Å². The number of hydrogen-bond donors (Lipinski definition) is 2. The highest BCUT2D eigenvalue weighted by molar-refractivity contribution is 6.05. The minimum Gasteiger partial charge on any atom is -0.339 e. The highest BCUT2D eigenvalue weighted by Crippen LogP contribution is 2.22. The number of carbonyl (C=O) groups is 2. The molecule has 0 bridgehead atoms. The summed E-state index contributed by atoms with van der Waals surface area (Å²) < 4.78 is 13.9. The molecule has 1 aliphatic heterocycles. The molecule has 2 aromatic rings. The van der Waals surface area contributed by atoms with Crippen LogP contribution < -0.4 is 10.6 Å². The molecule has 162 valence electrons. The predicted molar refractivity (Wildman–Crippen MR) is 120 cm³/mol. The highest BCUT2D eigenvalue weighted by atomic mass is 35.5. The van der Waals surface area contributed by atoms with Gasteiger partial charge in [0.1, 0.15) is 5.82 Å². The topological polar surface area (TPSA) is 61.4 Å². The summed E-state index contributed by atoms with van der Waals surface area (Å²) in [5.74, 6) is -0.531. The van der Waals surface area contributed by atoms with Crippen LogP contribution in [0.25, 0.3) is 0 Å². The second-order valence-electron chi connectivity index (χ2n) is 7.51. The summed E-state index contributed by atoms with van der Waals surface area (Å²) in [5, 5.41) is 6.11. The number of hydrogen-bond acceptors (Lipinski definition) is 3. The minimum absolute atomic E-state index is 0. The van der Waals surface area contributed by atoms with Gasteiger partial charge < -0.3 is 15.5 Å². The van der Waals surface area contributed by atoms with Crippen LogP contribution in [0.3, 0.4) is 0 Å². The molecule has 1 fully saturated rings. The van der Waals surface area contributed by atoms with E-state index in [0.29, 0.717) is 17.2 Å². The highest BCUT2D eigenvalue weighted by Gasteiger charge is 2.24. The molecule has 2 amide bonds. The normalized spacial score (nSPS) is 14.2. The van der Waals surface area contributed by atoms with Gasteiger partial charge in [0, 0.05) is 24.3 Å². The third-order valence-corrected chi connectivity index (χ3v) is 5.44. The lowest BCUT2D eigenvalue weighted by atomic mass is 9.96. The van der Waals surface area contributed by atoms with Crippen molar-refractivity contribution < 1.29 is 14.0 Å². The first-order valence-electron chi connectivity index (χ1n) is 10.2. The Hall–Kier alpha value is -2.44. The molecular formula is C23H29ClFN3O2. The third kappa shape index (κ3) is 5.80. The molecule has 5 nitrogen and oxygen atoms in total. The molecule has 0 spiro atoms. The number of rotatable bonds is 6. The van der Waals surface area contributed by atoms with E-state index < -0.39 is 11.7 Å². The first-order valence-corrected chi connectivity index (χ1v) is 10.2. The molecule has 0 aliphatic carbocycles. The summed E-state index contributed by atoms with van der Waals surface area (Å²) >= 11 is 0. The van der Waals surface area contributed by atoms with E-state index in [1.165, 1.54) is 18.2 Å². The maximum atomic E-state index is 13.9. The smallest absolute Gasteiger partial charge is 0.258 e. The Morgan fingerprint density at radius 2 is 1.83 bits per heavy atom. The maximum Gasteiger partial charge on any atom is 0.258 e. The van der Waals surface area contributed by atoms with Crippen molar-refractivity contribution in [3.63, 3.8) is 0 Å². The molecule has 2 N–H and O–H groups in total. The van der Waals surface area contributed by atoms with Gasteiger partial charge in [-0.3, -0.25) is 9.59 Å². The van der Waals surface area contributed by atoms with Crippen LogP contribution >= 0.6 is 12.4 Å². The number of halogens is 2. The molecule has 0 aromatic heterocycles. The SMILES string of the molecule is CCNCC1CCN(C(=O)c2ccc(C)c(NC(=O)c3ccccc3F)c2)CC1.Cl. The molecule has 1 saturated heterocycles. The molecule has 30 heavy (non-hydrogen) atoms. The Bertz CT molecular complexity index is 883. The Balaban J connectivity index is 0.00000320. The van der Waals surface area contributed by atoms with E-state index in [0.717, 1.165) is 44.6 Å². The molecule has 7 heteroatoms.